The van der Waals surface area contributed by atoms with E-state index in [4.69, 9.17) is 37.4 Å². The highest BCUT2D eigenvalue weighted by Gasteiger charge is 2.56. The molecule has 0 spiro atoms. The minimum absolute atomic E-state index is 0.426. The summed E-state index contributed by atoms with van der Waals surface area (Å²) in [7, 11) is -17.2. The van der Waals surface area contributed by atoms with E-state index in [2.05, 4.69) is 18.1 Å². The average molecular weight is 517 g/mol. The molecule has 0 radical (unpaired) electrons. The molecule has 8 N–H and O–H groups in total. The van der Waals surface area contributed by atoms with E-state index in [9.17, 15) is 33.2 Å². The van der Waals surface area contributed by atoms with Gasteiger partial charge in [-0.2, -0.15) is 13.6 Å². The zero-order valence-corrected chi connectivity index (χ0v) is 17.9. The maximum atomic E-state index is 13.7. The molecular weight excluding hydrogens is 502 g/mol. The Hall–Kier alpha value is -0.680. The molecule has 1 aromatic heterocycles. The number of hydrogen-bond acceptors (Lipinski definition) is 12. The van der Waals surface area contributed by atoms with Gasteiger partial charge >= 0.3 is 23.5 Å². The number of phosphoric acid groups is 3. The molecule has 21 heteroatoms. The van der Waals surface area contributed by atoms with Crippen molar-refractivity contribution in [2.45, 2.75) is 31.1 Å². The topological polar surface area (TPSA) is 253 Å². The molecule has 1 aromatic rings. The predicted octanol–water partition coefficient (Wildman–Crippen LogP) is -0.356. The summed E-state index contributed by atoms with van der Waals surface area (Å²) in [4.78, 5) is 39.1. The molecule has 6 atom stereocenters. The molecular formula is C9H15FN3O13P3S. The van der Waals surface area contributed by atoms with E-state index in [-0.39, 0.29) is 0 Å². The lowest BCUT2D eigenvalue weighted by Crippen LogP contribution is -2.44. The van der Waals surface area contributed by atoms with E-state index in [1.807, 2.05) is 0 Å². The summed E-state index contributed by atoms with van der Waals surface area (Å²) in [6.07, 6.45) is -5.52. The fourth-order valence-electron chi connectivity index (χ4n) is 2.25. The summed E-state index contributed by atoms with van der Waals surface area (Å²) in [6.45, 7) is 0.943. The molecule has 1 saturated heterocycles. The monoisotopic (exact) mass is 517 g/mol. The molecule has 2 rings (SSSR count). The molecule has 0 amide bonds. The van der Waals surface area contributed by atoms with Crippen molar-refractivity contribution >= 4 is 41.5 Å². The van der Waals surface area contributed by atoms with Gasteiger partial charge in [0.1, 0.15) is 11.7 Å². The molecule has 1 fully saturated rings. The highest BCUT2D eigenvalue weighted by molar-refractivity contribution is 7.71. The maximum absolute atomic E-state index is 13.7. The Balaban J connectivity index is 2.27. The van der Waals surface area contributed by atoms with Gasteiger partial charge in [-0.1, -0.05) is 0 Å². The summed E-state index contributed by atoms with van der Waals surface area (Å²) in [5.41, 5.74) is 2.89. The molecule has 2 heterocycles. The third-order valence-electron chi connectivity index (χ3n) is 3.46. The van der Waals surface area contributed by atoms with Crippen LogP contribution in [-0.2, 0) is 31.6 Å². The van der Waals surface area contributed by atoms with Crippen LogP contribution in [0, 0.1) is 10.6 Å². The van der Waals surface area contributed by atoms with Crippen LogP contribution >= 0.6 is 35.7 Å². The number of aliphatic hydroxyl groups is 2. The SMILES string of the molecule is CC1(O)[C@@H](O)[C@@H](OP(=O)(O)OP(=O)(O)OP(=O)(O)O)O[C@H]1n1cc(F)c(N)nc1=S. The van der Waals surface area contributed by atoms with Crippen LogP contribution < -0.4 is 5.73 Å². The Morgan fingerprint density at radius 2 is 1.83 bits per heavy atom. The molecule has 16 nitrogen and oxygen atoms in total. The Morgan fingerprint density at radius 3 is 2.37 bits per heavy atom. The molecule has 0 aromatic carbocycles. The Morgan fingerprint density at radius 1 is 1.27 bits per heavy atom. The van der Waals surface area contributed by atoms with Gasteiger partial charge in [-0.25, -0.2) is 18.1 Å². The third kappa shape index (κ3) is 5.97. The number of halogens is 1. The lowest BCUT2D eigenvalue weighted by molar-refractivity contribution is -0.136. The number of aromatic nitrogens is 2. The molecule has 1 aliphatic rings. The second-order valence-electron chi connectivity index (χ2n) is 5.89. The zero-order chi connectivity index (χ0) is 23.3. The first kappa shape index (κ1) is 25.6. The number of ether oxygens (including phenoxy) is 1. The quantitative estimate of drug-likeness (QED) is 0.180. The van der Waals surface area contributed by atoms with Gasteiger partial charge in [0.2, 0.25) is 11.1 Å². The smallest absolute Gasteiger partial charge is 0.385 e. The number of nitrogens with zero attached hydrogens (tertiary/aromatic N) is 2. The first-order valence-corrected chi connectivity index (χ1v) is 12.2. The van der Waals surface area contributed by atoms with E-state index >= 15 is 0 Å². The van der Waals surface area contributed by atoms with Crippen LogP contribution in [0.15, 0.2) is 6.20 Å². The summed E-state index contributed by atoms with van der Waals surface area (Å²) in [5, 5.41) is 20.6. The minimum atomic E-state index is -5.83. The lowest BCUT2D eigenvalue weighted by atomic mass is 9.99. The van der Waals surface area contributed by atoms with E-state index in [1.54, 1.807) is 0 Å². The summed E-state index contributed by atoms with van der Waals surface area (Å²) < 4.78 is 64.3. The number of rotatable bonds is 7. The van der Waals surface area contributed by atoms with Crippen molar-refractivity contribution in [2.75, 3.05) is 5.73 Å². The third-order valence-corrected chi connectivity index (χ3v) is 7.56. The number of hydrogen-bond donors (Lipinski definition) is 7. The number of nitrogen functional groups attached to an aromatic ring is 1. The van der Waals surface area contributed by atoms with Crippen LogP contribution in [0.25, 0.3) is 0 Å². The van der Waals surface area contributed by atoms with E-state index in [1.165, 1.54) is 0 Å². The van der Waals surface area contributed by atoms with Crippen molar-refractivity contribution in [2.24, 2.45) is 0 Å². The highest BCUT2D eigenvalue weighted by Crippen LogP contribution is 2.67. The Kier molecular flexibility index (Phi) is 7.12. The minimum Gasteiger partial charge on any atom is -0.385 e. The van der Waals surface area contributed by atoms with Gasteiger partial charge in [-0.3, -0.25) is 9.09 Å². The van der Waals surface area contributed by atoms with Crippen LogP contribution in [0.3, 0.4) is 0 Å². The molecule has 0 bridgehead atoms. The maximum Gasteiger partial charge on any atom is 0.490 e. The van der Waals surface area contributed by atoms with Crippen molar-refractivity contribution < 1.29 is 65.8 Å². The molecule has 0 saturated carbocycles. The normalized spacial score (nSPS) is 31.3. The zero-order valence-electron chi connectivity index (χ0n) is 14.5. The first-order chi connectivity index (χ1) is 13.3. The van der Waals surface area contributed by atoms with Crippen LogP contribution in [0.2, 0.25) is 0 Å². The van der Waals surface area contributed by atoms with Gasteiger partial charge in [0.15, 0.2) is 17.9 Å². The van der Waals surface area contributed by atoms with Gasteiger partial charge in [0.05, 0.1) is 0 Å². The second kappa shape index (κ2) is 8.35. The number of anilines is 1. The Labute approximate surface area is 171 Å². The van der Waals surface area contributed by atoms with Crippen molar-refractivity contribution in [1.82, 2.24) is 9.55 Å². The van der Waals surface area contributed by atoms with Gasteiger partial charge in [-0.05, 0) is 19.1 Å². The first-order valence-electron chi connectivity index (χ1n) is 7.27. The van der Waals surface area contributed by atoms with E-state index < -0.39 is 64.1 Å². The lowest BCUT2D eigenvalue weighted by Gasteiger charge is -2.27. The second-order valence-corrected chi connectivity index (χ2v) is 10.6. The van der Waals surface area contributed by atoms with Crippen LogP contribution in [-0.4, -0.2) is 57.3 Å². The van der Waals surface area contributed by atoms with E-state index in [0.717, 1.165) is 6.92 Å². The van der Waals surface area contributed by atoms with Gasteiger partial charge in [-0.15, -0.1) is 0 Å². The van der Waals surface area contributed by atoms with Gasteiger partial charge in [0, 0.05) is 6.20 Å². The predicted molar refractivity (Wildman–Crippen MR) is 92.9 cm³/mol. The summed E-state index contributed by atoms with van der Waals surface area (Å²) >= 11 is 4.85. The number of phosphoric ester groups is 1. The van der Waals surface area contributed by atoms with Gasteiger partial charge in [0.25, 0.3) is 0 Å². The molecule has 1 aliphatic heterocycles. The number of nitrogens with two attached hydrogens (primary N) is 1. The summed E-state index contributed by atoms with van der Waals surface area (Å²) in [5.74, 6) is -1.67. The Bertz CT molecular complexity index is 1030. The number of aliphatic hydroxyl groups excluding tert-OH is 1. The van der Waals surface area contributed by atoms with Crippen LogP contribution in [0.4, 0.5) is 10.2 Å². The molecule has 30 heavy (non-hydrogen) atoms. The van der Waals surface area contributed by atoms with Crippen molar-refractivity contribution in [1.29, 1.82) is 0 Å². The summed E-state index contributed by atoms with van der Waals surface area (Å²) in [6, 6.07) is 0. The standard InChI is InChI=1S/C9H15FN3O13P3S/c1-9(15)4(14)6(23-7(9)13-2-3(10)5(11)12-8(13)30)24-28(19,20)26-29(21,22)25-27(16,17)18/h2,4,6-7,14-15H,1H3,(H,19,20)(H,21,22)(H2,11,12,30)(H2,16,17,18)/t4-,6+,7+,9?/m0/s1. The average Bonchev–Trinajstić information content (AvgIpc) is 2.70. The van der Waals surface area contributed by atoms with Crippen LogP contribution in [0.5, 0.6) is 0 Å². The van der Waals surface area contributed by atoms with E-state index in [0.29, 0.717) is 10.8 Å². The van der Waals surface area contributed by atoms with Gasteiger partial charge < -0.3 is 40.3 Å². The highest BCUT2D eigenvalue weighted by atomic mass is 32.1. The molecule has 0 aliphatic carbocycles. The molecule has 3 unspecified atom stereocenters. The molecule has 172 valence electrons. The van der Waals surface area contributed by atoms with Crippen LogP contribution in [0.1, 0.15) is 13.2 Å². The van der Waals surface area contributed by atoms with Crippen molar-refractivity contribution in [3.63, 3.8) is 0 Å². The van der Waals surface area contributed by atoms with Crippen molar-refractivity contribution in [3.05, 3.63) is 16.8 Å². The fraction of sp³-hybridized carbons (Fsp3) is 0.556. The largest absolute Gasteiger partial charge is 0.490 e. The van der Waals surface area contributed by atoms with Crippen molar-refractivity contribution in [3.8, 4) is 0 Å². The fourth-order valence-corrected chi connectivity index (χ4v) is 5.58.